The third kappa shape index (κ3) is 2.92. The Labute approximate surface area is 169 Å². The second-order valence-electron chi connectivity index (χ2n) is 7.22. The highest BCUT2D eigenvalue weighted by Crippen LogP contribution is 2.43. The lowest BCUT2D eigenvalue weighted by molar-refractivity contribution is 0.415. The van der Waals surface area contributed by atoms with Gasteiger partial charge >= 0.3 is 0 Å². The highest BCUT2D eigenvalue weighted by atomic mass is 16.5. The number of phenolic OH excluding ortho intramolecular Hbond substituents is 1. The van der Waals surface area contributed by atoms with E-state index in [1.807, 2.05) is 54.6 Å². The van der Waals surface area contributed by atoms with Crippen molar-refractivity contribution in [3.8, 4) is 11.5 Å². The summed E-state index contributed by atoms with van der Waals surface area (Å²) in [7, 11) is 1.66. The first-order valence-electron chi connectivity index (χ1n) is 9.67. The number of phenols is 1. The molecule has 0 aliphatic carbocycles. The van der Waals surface area contributed by atoms with Crippen LogP contribution in [0, 0.1) is 0 Å². The Kier molecular flexibility index (Phi) is 4.21. The molecule has 0 saturated heterocycles. The predicted molar refractivity (Wildman–Crippen MR) is 118 cm³/mol. The van der Waals surface area contributed by atoms with Gasteiger partial charge in [0, 0.05) is 28.6 Å². The largest absolute Gasteiger partial charge is 0.508 e. The molecule has 3 heteroatoms. The number of ether oxygens (including phenoxy) is 1. The SMILES string of the molecule is COc1ccc2ccc(O)c(C(c3ccccc3)c3c[nH]c4ccccc34)c2c1. The van der Waals surface area contributed by atoms with Crippen LogP contribution < -0.4 is 4.74 Å². The van der Waals surface area contributed by atoms with E-state index in [1.165, 1.54) is 0 Å². The Morgan fingerprint density at radius 3 is 2.41 bits per heavy atom. The van der Waals surface area contributed by atoms with E-state index in [-0.39, 0.29) is 11.7 Å². The normalized spacial score (nSPS) is 12.3. The summed E-state index contributed by atoms with van der Waals surface area (Å²) in [6.45, 7) is 0. The van der Waals surface area contributed by atoms with Crippen molar-refractivity contribution >= 4 is 21.7 Å². The lowest BCUT2D eigenvalue weighted by atomic mass is 9.82. The molecule has 0 aliphatic heterocycles. The van der Waals surface area contributed by atoms with Crippen LogP contribution in [0.5, 0.6) is 11.5 Å². The van der Waals surface area contributed by atoms with E-state index in [4.69, 9.17) is 4.74 Å². The fraction of sp³-hybridized carbons (Fsp3) is 0.0769. The van der Waals surface area contributed by atoms with E-state index in [2.05, 4.69) is 35.4 Å². The molecule has 3 nitrogen and oxygen atoms in total. The van der Waals surface area contributed by atoms with Crippen LogP contribution in [0.4, 0.5) is 0 Å². The van der Waals surface area contributed by atoms with Crippen LogP contribution in [0.15, 0.2) is 91.1 Å². The molecule has 0 saturated carbocycles. The fourth-order valence-electron chi connectivity index (χ4n) is 4.22. The highest BCUT2D eigenvalue weighted by Gasteiger charge is 2.25. The minimum absolute atomic E-state index is 0.122. The number of rotatable bonds is 4. The van der Waals surface area contributed by atoms with Crippen molar-refractivity contribution in [3.63, 3.8) is 0 Å². The van der Waals surface area contributed by atoms with Crippen LogP contribution >= 0.6 is 0 Å². The average molecular weight is 379 g/mol. The van der Waals surface area contributed by atoms with Crippen molar-refractivity contribution in [2.24, 2.45) is 0 Å². The molecule has 1 atom stereocenters. The van der Waals surface area contributed by atoms with Crippen LogP contribution in [0.3, 0.4) is 0 Å². The monoisotopic (exact) mass is 379 g/mol. The van der Waals surface area contributed by atoms with Crippen molar-refractivity contribution in [1.82, 2.24) is 4.98 Å². The molecule has 0 bridgehead atoms. The third-order valence-electron chi connectivity index (χ3n) is 5.60. The zero-order valence-electron chi connectivity index (χ0n) is 16.1. The van der Waals surface area contributed by atoms with Crippen molar-refractivity contribution in [3.05, 3.63) is 108 Å². The first-order valence-corrected chi connectivity index (χ1v) is 9.67. The first kappa shape index (κ1) is 17.4. The fourth-order valence-corrected chi connectivity index (χ4v) is 4.22. The molecule has 0 aliphatic rings. The Bertz CT molecular complexity index is 1300. The highest BCUT2D eigenvalue weighted by molar-refractivity contribution is 5.92. The lowest BCUT2D eigenvalue weighted by Gasteiger charge is -2.21. The number of para-hydroxylation sites is 1. The molecule has 1 unspecified atom stereocenters. The maximum absolute atomic E-state index is 11.0. The molecule has 0 spiro atoms. The predicted octanol–water partition coefficient (Wildman–Crippen LogP) is 6.22. The molecular weight excluding hydrogens is 358 g/mol. The van der Waals surface area contributed by atoms with Gasteiger partial charge in [-0.25, -0.2) is 0 Å². The maximum Gasteiger partial charge on any atom is 0.120 e. The molecule has 5 aromatic rings. The zero-order chi connectivity index (χ0) is 19.8. The minimum Gasteiger partial charge on any atom is -0.508 e. The van der Waals surface area contributed by atoms with Gasteiger partial charge in [-0.15, -0.1) is 0 Å². The molecule has 142 valence electrons. The lowest BCUT2D eigenvalue weighted by Crippen LogP contribution is -2.04. The summed E-state index contributed by atoms with van der Waals surface area (Å²) in [6.07, 6.45) is 2.06. The number of fused-ring (bicyclic) bond motifs is 2. The van der Waals surface area contributed by atoms with Crippen LogP contribution in [-0.2, 0) is 0 Å². The van der Waals surface area contributed by atoms with Gasteiger partial charge in [0.2, 0.25) is 0 Å². The van der Waals surface area contributed by atoms with Crippen molar-refractivity contribution in [2.75, 3.05) is 7.11 Å². The summed E-state index contributed by atoms with van der Waals surface area (Å²) < 4.78 is 5.48. The summed E-state index contributed by atoms with van der Waals surface area (Å²) in [4.78, 5) is 3.39. The van der Waals surface area contributed by atoms with Gasteiger partial charge in [-0.2, -0.15) is 0 Å². The summed E-state index contributed by atoms with van der Waals surface area (Å²) in [6, 6.07) is 28.3. The molecule has 2 N–H and O–H groups in total. The number of hydrogen-bond donors (Lipinski definition) is 2. The molecule has 29 heavy (non-hydrogen) atoms. The number of methoxy groups -OCH3 is 1. The molecule has 0 fully saturated rings. The van der Waals surface area contributed by atoms with E-state index >= 15 is 0 Å². The second-order valence-corrected chi connectivity index (χ2v) is 7.22. The van der Waals surface area contributed by atoms with E-state index in [9.17, 15) is 5.11 Å². The molecule has 4 aromatic carbocycles. The van der Waals surface area contributed by atoms with Gasteiger partial charge in [-0.1, -0.05) is 60.7 Å². The molecule has 1 aromatic heterocycles. The Hall–Kier alpha value is -3.72. The van der Waals surface area contributed by atoms with Gasteiger partial charge in [0.15, 0.2) is 0 Å². The maximum atomic E-state index is 11.0. The number of nitrogens with one attached hydrogen (secondary N) is 1. The smallest absolute Gasteiger partial charge is 0.120 e. The third-order valence-corrected chi connectivity index (χ3v) is 5.60. The van der Waals surface area contributed by atoms with Gasteiger partial charge in [0.05, 0.1) is 7.11 Å². The molecule has 5 rings (SSSR count). The number of aromatic nitrogens is 1. The summed E-state index contributed by atoms with van der Waals surface area (Å²) in [5, 5.41) is 14.2. The molecule has 0 radical (unpaired) electrons. The van der Waals surface area contributed by atoms with Crippen LogP contribution in [0.1, 0.15) is 22.6 Å². The van der Waals surface area contributed by atoms with E-state index in [0.717, 1.165) is 44.1 Å². The van der Waals surface area contributed by atoms with Crippen molar-refractivity contribution in [2.45, 2.75) is 5.92 Å². The Morgan fingerprint density at radius 1 is 0.828 bits per heavy atom. The summed E-state index contributed by atoms with van der Waals surface area (Å²) >= 11 is 0. The zero-order valence-corrected chi connectivity index (χ0v) is 16.1. The average Bonchev–Trinajstić information content (AvgIpc) is 3.20. The summed E-state index contributed by atoms with van der Waals surface area (Å²) in [5.41, 5.74) is 4.23. The minimum atomic E-state index is -0.122. The standard InChI is InChI=1S/C26H21NO2/c1-29-19-13-11-17-12-14-24(28)26(21(17)15-19)25(18-7-3-2-4-8-18)22-16-27-23-10-6-5-9-20(22)23/h2-16,25,27-28H,1H3. The second kappa shape index (κ2) is 7.02. The van der Waals surface area contributed by atoms with E-state index in [1.54, 1.807) is 13.2 Å². The quantitative estimate of drug-likeness (QED) is 0.390. The number of hydrogen-bond acceptors (Lipinski definition) is 2. The van der Waals surface area contributed by atoms with Crippen molar-refractivity contribution < 1.29 is 9.84 Å². The van der Waals surface area contributed by atoms with Gasteiger partial charge < -0.3 is 14.8 Å². The molecular formula is C26H21NO2. The van der Waals surface area contributed by atoms with Gasteiger partial charge in [0.25, 0.3) is 0 Å². The Morgan fingerprint density at radius 2 is 1.59 bits per heavy atom. The van der Waals surface area contributed by atoms with Crippen LogP contribution in [0.2, 0.25) is 0 Å². The van der Waals surface area contributed by atoms with Gasteiger partial charge in [0.1, 0.15) is 11.5 Å². The number of aromatic hydroxyl groups is 1. The van der Waals surface area contributed by atoms with Crippen molar-refractivity contribution in [1.29, 1.82) is 0 Å². The molecule has 0 amide bonds. The van der Waals surface area contributed by atoms with Crippen LogP contribution in [0.25, 0.3) is 21.7 Å². The topological polar surface area (TPSA) is 45.2 Å². The van der Waals surface area contributed by atoms with Gasteiger partial charge in [-0.3, -0.25) is 0 Å². The van der Waals surface area contributed by atoms with E-state index in [0.29, 0.717) is 0 Å². The first-order chi connectivity index (χ1) is 14.3. The molecule has 1 heterocycles. The number of benzene rings is 4. The van der Waals surface area contributed by atoms with Gasteiger partial charge in [-0.05, 0) is 46.2 Å². The number of H-pyrrole nitrogens is 1. The Balaban J connectivity index is 1.86. The van der Waals surface area contributed by atoms with E-state index < -0.39 is 0 Å². The number of aromatic amines is 1. The summed E-state index contributed by atoms with van der Waals surface area (Å²) in [5.74, 6) is 0.933. The van der Waals surface area contributed by atoms with Crippen LogP contribution in [-0.4, -0.2) is 17.2 Å².